The van der Waals surface area contributed by atoms with E-state index in [2.05, 4.69) is 39.0 Å². The zero-order chi connectivity index (χ0) is 13.3. The molecule has 0 spiro atoms. The van der Waals surface area contributed by atoms with Gasteiger partial charge >= 0.3 is 0 Å². The minimum Gasteiger partial charge on any atom is -0.322 e. The SMILES string of the molecule is CC(C)(C)c1ccc2c(c1)SCCN2C(=O)CN. The molecule has 0 unspecified atom stereocenters. The number of nitrogens with two attached hydrogens (primary N) is 1. The Bertz CT molecular complexity index is 465. The Kier molecular flexibility index (Phi) is 3.69. The summed E-state index contributed by atoms with van der Waals surface area (Å²) < 4.78 is 0. The molecule has 1 heterocycles. The Labute approximate surface area is 113 Å². The summed E-state index contributed by atoms with van der Waals surface area (Å²) in [6.07, 6.45) is 0. The number of anilines is 1. The molecule has 18 heavy (non-hydrogen) atoms. The largest absolute Gasteiger partial charge is 0.322 e. The third-order valence-corrected chi connectivity index (χ3v) is 4.19. The van der Waals surface area contributed by atoms with E-state index in [-0.39, 0.29) is 17.9 Å². The lowest BCUT2D eigenvalue weighted by Gasteiger charge is -2.30. The summed E-state index contributed by atoms with van der Waals surface area (Å²) in [5.41, 5.74) is 7.91. The molecule has 2 N–H and O–H groups in total. The molecule has 0 atom stereocenters. The Hall–Kier alpha value is -1.00. The van der Waals surface area contributed by atoms with Gasteiger partial charge < -0.3 is 10.6 Å². The van der Waals surface area contributed by atoms with Crippen molar-refractivity contribution < 1.29 is 4.79 Å². The summed E-state index contributed by atoms with van der Waals surface area (Å²) in [5.74, 6) is 0.937. The average molecular weight is 264 g/mol. The van der Waals surface area contributed by atoms with Gasteiger partial charge in [-0.05, 0) is 23.1 Å². The number of carbonyl (C=O) groups is 1. The van der Waals surface area contributed by atoms with Crippen LogP contribution in [0, 0.1) is 0 Å². The maximum Gasteiger partial charge on any atom is 0.240 e. The summed E-state index contributed by atoms with van der Waals surface area (Å²) in [6, 6.07) is 6.37. The van der Waals surface area contributed by atoms with Gasteiger partial charge in [0.15, 0.2) is 0 Å². The lowest BCUT2D eigenvalue weighted by Crippen LogP contribution is -2.39. The molecule has 1 aliphatic heterocycles. The van der Waals surface area contributed by atoms with Gasteiger partial charge in [0, 0.05) is 17.2 Å². The first-order chi connectivity index (χ1) is 8.43. The Balaban J connectivity index is 2.40. The fourth-order valence-electron chi connectivity index (χ4n) is 2.06. The highest BCUT2D eigenvalue weighted by Gasteiger charge is 2.24. The van der Waals surface area contributed by atoms with Crippen LogP contribution in [0.1, 0.15) is 26.3 Å². The van der Waals surface area contributed by atoms with E-state index in [0.717, 1.165) is 18.0 Å². The summed E-state index contributed by atoms with van der Waals surface area (Å²) in [6.45, 7) is 7.43. The van der Waals surface area contributed by atoms with Crippen molar-refractivity contribution in [1.82, 2.24) is 0 Å². The van der Waals surface area contributed by atoms with Crippen LogP contribution in [0.2, 0.25) is 0 Å². The molecule has 1 aromatic carbocycles. The van der Waals surface area contributed by atoms with Crippen LogP contribution in [0.15, 0.2) is 23.1 Å². The molecular formula is C14H20N2OS. The quantitative estimate of drug-likeness (QED) is 0.847. The van der Waals surface area contributed by atoms with E-state index in [1.54, 1.807) is 4.90 Å². The molecular weight excluding hydrogens is 244 g/mol. The van der Waals surface area contributed by atoms with Crippen LogP contribution in [0.5, 0.6) is 0 Å². The van der Waals surface area contributed by atoms with E-state index in [9.17, 15) is 4.79 Å². The highest BCUT2D eigenvalue weighted by atomic mass is 32.2. The molecule has 1 aromatic rings. The van der Waals surface area contributed by atoms with Gasteiger partial charge in [-0.25, -0.2) is 0 Å². The van der Waals surface area contributed by atoms with E-state index in [4.69, 9.17) is 5.73 Å². The lowest BCUT2D eigenvalue weighted by molar-refractivity contribution is -0.117. The molecule has 1 amide bonds. The number of amides is 1. The second-order valence-electron chi connectivity index (χ2n) is 5.53. The molecule has 0 saturated carbocycles. The highest BCUT2D eigenvalue weighted by molar-refractivity contribution is 7.99. The van der Waals surface area contributed by atoms with Crippen LogP contribution in [-0.2, 0) is 10.2 Å². The number of nitrogens with zero attached hydrogens (tertiary/aromatic N) is 1. The molecule has 4 heteroatoms. The minimum atomic E-state index is 0.0000543. The first kappa shape index (κ1) is 13.4. The average Bonchev–Trinajstić information content (AvgIpc) is 2.35. The Morgan fingerprint density at radius 1 is 1.44 bits per heavy atom. The summed E-state index contributed by atoms with van der Waals surface area (Å²) >= 11 is 1.82. The van der Waals surface area contributed by atoms with Gasteiger partial charge in [0.2, 0.25) is 5.91 Å². The molecule has 0 bridgehead atoms. The zero-order valence-corrected chi connectivity index (χ0v) is 12.0. The molecule has 0 aliphatic carbocycles. The predicted octanol–water partition coefficient (Wildman–Crippen LogP) is 2.38. The van der Waals surface area contributed by atoms with Gasteiger partial charge in [-0.15, -0.1) is 11.8 Å². The number of hydrogen-bond acceptors (Lipinski definition) is 3. The maximum absolute atomic E-state index is 11.8. The van der Waals surface area contributed by atoms with Crippen LogP contribution in [0.4, 0.5) is 5.69 Å². The molecule has 1 aliphatic rings. The molecule has 0 saturated heterocycles. The fraction of sp³-hybridized carbons (Fsp3) is 0.500. The predicted molar refractivity (Wildman–Crippen MR) is 77.3 cm³/mol. The van der Waals surface area contributed by atoms with Gasteiger partial charge in [0.1, 0.15) is 0 Å². The van der Waals surface area contributed by atoms with Gasteiger partial charge in [0.05, 0.1) is 12.2 Å². The Morgan fingerprint density at radius 3 is 2.78 bits per heavy atom. The molecule has 3 nitrogen and oxygen atoms in total. The standard InChI is InChI=1S/C14H20N2OS/c1-14(2,3)10-4-5-11-12(8-10)18-7-6-16(11)13(17)9-15/h4-5,8H,6-7,9,15H2,1-3H3. The van der Waals surface area contributed by atoms with Crippen LogP contribution in [0.25, 0.3) is 0 Å². The first-order valence-electron chi connectivity index (χ1n) is 6.21. The summed E-state index contributed by atoms with van der Waals surface area (Å²) in [4.78, 5) is 14.8. The lowest BCUT2D eigenvalue weighted by atomic mass is 9.87. The second-order valence-corrected chi connectivity index (χ2v) is 6.67. The second kappa shape index (κ2) is 4.94. The van der Waals surface area contributed by atoms with Crippen molar-refractivity contribution in [2.24, 2.45) is 5.73 Å². The number of thioether (sulfide) groups is 1. The van der Waals surface area contributed by atoms with E-state index in [1.165, 1.54) is 10.5 Å². The zero-order valence-electron chi connectivity index (χ0n) is 11.2. The number of rotatable bonds is 1. The monoisotopic (exact) mass is 264 g/mol. The van der Waals surface area contributed by atoms with Crippen LogP contribution < -0.4 is 10.6 Å². The van der Waals surface area contributed by atoms with Crippen molar-refractivity contribution in [2.75, 3.05) is 23.7 Å². The third kappa shape index (κ3) is 2.54. The van der Waals surface area contributed by atoms with Crippen LogP contribution in [-0.4, -0.2) is 24.7 Å². The van der Waals surface area contributed by atoms with E-state index >= 15 is 0 Å². The number of hydrogen-bond donors (Lipinski definition) is 1. The third-order valence-electron chi connectivity index (χ3n) is 3.16. The van der Waals surface area contributed by atoms with E-state index < -0.39 is 0 Å². The number of fused-ring (bicyclic) bond motifs is 1. The van der Waals surface area contributed by atoms with Crippen molar-refractivity contribution in [3.05, 3.63) is 23.8 Å². The Morgan fingerprint density at radius 2 is 2.17 bits per heavy atom. The summed E-state index contributed by atoms with van der Waals surface area (Å²) in [7, 11) is 0. The molecule has 0 fully saturated rings. The molecule has 2 rings (SSSR count). The number of benzene rings is 1. The molecule has 98 valence electrons. The highest BCUT2D eigenvalue weighted by Crippen LogP contribution is 2.37. The molecule has 0 radical (unpaired) electrons. The van der Waals surface area contributed by atoms with Crippen molar-refractivity contribution >= 4 is 23.4 Å². The van der Waals surface area contributed by atoms with Crippen LogP contribution in [0.3, 0.4) is 0 Å². The van der Waals surface area contributed by atoms with Crippen molar-refractivity contribution in [1.29, 1.82) is 0 Å². The smallest absolute Gasteiger partial charge is 0.240 e. The summed E-state index contributed by atoms with van der Waals surface area (Å²) in [5, 5.41) is 0. The normalized spacial score (nSPS) is 15.4. The van der Waals surface area contributed by atoms with Crippen molar-refractivity contribution in [2.45, 2.75) is 31.1 Å². The maximum atomic E-state index is 11.8. The van der Waals surface area contributed by atoms with Gasteiger partial charge in [-0.2, -0.15) is 0 Å². The van der Waals surface area contributed by atoms with Crippen LogP contribution >= 0.6 is 11.8 Å². The number of carbonyl (C=O) groups excluding carboxylic acids is 1. The van der Waals surface area contributed by atoms with Gasteiger partial charge in [0.25, 0.3) is 0 Å². The van der Waals surface area contributed by atoms with Crippen molar-refractivity contribution in [3.8, 4) is 0 Å². The van der Waals surface area contributed by atoms with Gasteiger partial charge in [-0.1, -0.05) is 26.8 Å². The molecule has 0 aromatic heterocycles. The van der Waals surface area contributed by atoms with Crippen molar-refractivity contribution in [3.63, 3.8) is 0 Å². The topological polar surface area (TPSA) is 46.3 Å². The van der Waals surface area contributed by atoms with E-state index in [0.29, 0.717) is 0 Å². The first-order valence-corrected chi connectivity index (χ1v) is 7.20. The minimum absolute atomic E-state index is 0.0000543. The van der Waals surface area contributed by atoms with E-state index in [1.807, 2.05) is 11.8 Å². The van der Waals surface area contributed by atoms with Gasteiger partial charge in [-0.3, -0.25) is 4.79 Å². The fourth-order valence-corrected chi connectivity index (χ4v) is 3.09.